The first-order valence-electron chi connectivity index (χ1n) is 8.40. The number of rotatable bonds is 6. The maximum atomic E-state index is 5.85. The van der Waals surface area contributed by atoms with E-state index in [1.807, 2.05) is 24.3 Å². The van der Waals surface area contributed by atoms with Crippen LogP contribution in [-0.2, 0) is 13.1 Å². The van der Waals surface area contributed by atoms with Crippen molar-refractivity contribution in [3.8, 4) is 5.75 Å². The summed E-state index contributed by atoms with van der Waals surface area (Å²) in [6.45, 7) is 5.44. The molecule has 134 valence electrons. The van der Waals surface area contributed by atoms with Crippen LogP contribution in [0.2, 0.25) is 0 Å². The molecule has 0 bridgehead atoms. The molecule has 0 radical (unpaired) electrons. The second kappa shape index (κ2) is 8.09. The number of hydrogen-bond acceptors (Lipinski definition) is 8. The summed E-state index contributed by atoms with van der Waals surface area (Å²) in [4.78, 5) is 17.6. The van der Waals surface area contributed by atoms with Gasteiger partial charge < -0.3 is 20.7 Å². The first-order valence-corrected chi connectivity index (χ1v) is 8.40. The highest BCUT2D eigenvalue weighted by molar-refractivity contribution is 5.34. The van der Waals surface area contributed by atoms with E-state index < -0.39 is 0 Å². The number of nitrogen functional groups attached to an aromatic ring is 1. The molecular weight excluding hydrogens is 318 g/mol. The van der Waals surface area contributed by atoms with E-state index in [-0.39, 0.29) is 5.95 Å². The summed E-state index contributed by atoms with van der Waals surface area (Å²) < 4.78 is 5.16. The number of anilines is 2. The van der Waals surface area contributed by atoms with Gasteiger partial charge in [-0.05, 0) is 24.7 Å². The Balaban J connectivity index is 1.60. The third-order valence-electron chi connectivity index (χ3n) is 4.27. The SMILES string of the molecule is COc1ccc(CNc2nc(N)nc(CN3CCN(C)CC3)n2)cc1. The average Bonchev–Trinajstić information content (AvgIpc) is 2.62. The first-order chi connectivity index (χ1) is 12.1. The smallest absolute Gasteiger partial charge is 0.228 e. The van der Waals surface area contributed by atoms with Gasteiger partial charge in [-0.25, -0.2) is 0 Å². The molecule has 0 amide bonds. The number of piperazine rings is 1. The summed E-state index contributed by atoms with van der Waals surface area (Å²) in [5, 5.41) is 3.21. The maximum absolute atomic E-state index is 5.85. The Hall–Kier alpha value is -2.45. The average molecular weight is 343 g/mol. The lowest BCUT2D eigenvalue weighted by atomic mass is 10.2. The lowest BCUT2D eigenvalue weighted by Crippen LogP contribution is -2.44. The Labute approximate surface area is 148 Å². The molecule has 0 spiro atoms. The molecule has 2 aromatic rings. The number of hydrogen-bond donors (Lipinski definition) is 2. The van der Waals surface area contributed by atoms with Crippen LogP contribution in [0.4, 0.5) is 11.9 Å². The van der Waals surface area contributed by atoms with Crippen molar-refractivity contribution < 1.29 is 4.74 Å². The fourth-order valence-electron chi connectivity index (χ4n) is 2.72. The molecule has 0 atom stereocenters. The predicted octanol–water partition coefficient (Wildman–Crippen LogP) is 0.822. The van der Waals surface area contributed by atoms with Crippen LogP contribution in [0.25, 0.3) is 0 Å². The molecule has 25 heavy (non-hydrogen) atoms. The lowest BCUT2D eigenvalue weighted by Gasteiger charge is -2.31. The predicted molar refractivity (Wildman–Crippen MR) is 97.3 cm³/mol. The summed E-state index contributed by atoms with van der Waals surface area (Å²) >= 11 is 0. The lowest BCUT2D eigenvalue weighted by molar-refractivity contribution is 0.145. The fraction of sp³-hybridized carbons (Fsp3) is 0.471. The van der Waals surface area contributed by atoms with E-state index in [1.54, 1.807) is 7.11 Å². The van der Waals surface area contributed by atoms with E-state index in [1.165, 1.54) is 0 Å². The minimum atomic E-state index is 0.247. The Morgan fingerprint density at radius 1 is 1.08 bits per heavy atom. The number of aromatic nitrogens is 3. The van der Waals surface area contributed by atoms with Crippen molar-refractivity contribution in [2.45, 2.75) is 13.1 Å². The zero-order valence-electron chi connectivity index (χ0n) is 14.8. The van der Waals surface area contributed by atoms with Gasteiger partial charge in [-0.1, -0.05) is 12.1 Å². The van der Waals surface area contributed by atoms with Crippen molar-refractivity contribution in [2.24, 2.45) is 0 Å². The van der Waals surface area contributed by atoms with Crippen molar-refractivity contribution in [3.63, 3.8) is 0 Å². The standard InChI is InChI=1S/C17H25N7O/c1-23-7-9-24(10-8-23)12-15-20-16(18)22-17(21-15)19-11-13-3-5-14(25-2)6-4-13/h3-6H,7-12H2,1-2H3,(H3,18,19,20,21,22). The van der Waals surface area contributed by atoms with Gasteiger partial charge in [0.15, 0.2) is 0 Å². The highest BCUT2D eigenvalue weighted by Gasteiger charge is 2.16. The molecule has 0 aliphatic carbocycles. The third-order valence-corrected chi connectivity index (χ3v) is 4.27. The minimum absolute atomic E-state index is 0.247. The molecule has 3 N–H and O–H groups in total. The van der Waals surface area contributed by atoms with Crippen molar-refractivity contribution >= 4 is 11.9 Å². The molecule has 8 nitrogen and oxygen atoms in total. The van der Waals surface area contributed by atoms with Gasteiger partial charge >= 0.3 is 0 Å². The molecule has 1 saturated heterocycles. The molecule has 1 aromatic heterocycles. The van der Waals surface area contributed by atoms with Crippen LogP contribution in [-0.4, -0.2) is 65.1 Å². The Bertz CT molecular complexity index is 684. The molecule has 0 unspecified atom stereocenters. The molecule has 1 aromatic carbocycles. The van der Waals surface area contributed by atoms with Gasteiger partial charge in [-0.15, -0.1) is 0 Å². The molecule has 2 heterocycles. The summed E-state index contributed by atoms with van der Waals surface area (Å²) in [6, 6.07) is 7.86. The second-order valence-corrected chi connectivity index (χ2v) is 6.21. The Morgan fingerprint density at radius 3 is 2.48 bits per heavy atom. The van der Waals surface area contributed by atoms with Gasteiger partial charge in [0, 0.05) is 32.7 Å². The normalized spacial score (nSPS) is 15.9. The van der Waals surface area contributed by atoms with E-state index in [9.17, 15) is 0 Å². The molecule has 1 aliphatic rings. The third kappa shape index (κ3) is 5.01. The monoisotopic (exact) mass is 343 g/mol. The zero-order valence-corrected chi connectivity index (χ0v) is 14.8. The molecular formula is C17H25N7O. The van der Waals surface area contributed by atoms with E-state index >= 15 is 0 Å². The first kappa shape index (κ1) is 17.4. The van der Waals surface area contributed by atoms with Gasteiger partial charge in [0.2, 0.25) is 11.9 Å². The van der Waals surface area contributed by atoms with Gasteiger partial charge in [-0.3, -0.25) is 4.90 Å². The molecule has 8 heteroatoms. The number of likely N-dealkylation sites (N-methyl/N-ethyl adjacent to an activating group) is 1. The van der Waals surface area contributed by atoms with Crippen molar-refractivity contribution in [2.75, 3.05) is 51.4 Å². The largest absolute Gasteiger partial charge is 0.497 e. The number of nitrogens with two attached hydrogens (primary N) is 1. The van der Waals surface area contributed by atoms with Gasteiger partial charge in [0.25, 0.3) is 0 Å². The number of nitrogens with zero attached hydrogens (tertiary/aromatic N) is 5. The van der Waals surface area contributed by atoms with Crippen molar-refractivity contribution in [3.05, 3.63) is 35.7 Å². The molecule has 3 rings (SSSR count). The number of methoxy groups -OCH3 is 1. The van der Waals surface area contributed by atoms with Crippen molar-refractivity contribution in [1.82, 2.24) is 24.8 Å². The van der Waals surface area contributed by atoms with Crippen LogP contribution < -0.4 is 15.8 Å². The van der Waals surface area contributed by atoms with Crippen LogP contribution >= 0.6 is 0 Å². The second-order valence-electron chi connectivity index (χ2n) is 6.21. The van der Waals surface area contributed by atoms with Crippen molar-refractivity contribution in [1.29, 1.82) is 0 Å². The van der Waals surface area contributed by atoms with E-state index in [0.717, 1.165) is 37.5 Å². The van der Waals surface area contributed by atoms with Crippen LogP contribution in [0, 0.1) is 0 Å². The maximum Gasteiger partial charge on any atom is 0.228 e. The molecule has 0 saturated carbocycles. The van der Waals surface area contributed by atoms with E-state index in [4.69, 9.17) is 10.5 Å². The van der Waals surface area contributed by atoms with Gasteiger partial charge in [0.1, 0.15) is 11.6 Å². The highest BCUT2D eigenvalue weighted by Crippen LogP contribution is 2.13. The quantitative estimate of drug-likeness (QED) is 0.796. The summed E-state index contributed by atoms with van der Waals surface area (Å²) in [5.74, 6) is 2.29. The molecule has 1 fully saturated rings. The van der Waals surface area contributed by atoms with Gasteiger partial charge in [-0.2, -0.15) is 15.0 Å². The van der Waals surface area contributed by atoms with E-state index in [0.29, 0.717) is 24.9 Å². The summed E-state index contributed by atoms with van der Waals surface area (Å²) in [6.07, 6.45) is 0. The topological polar surface area (TPSA) is 92.4 Å². The van der Waals surface area contributed by atoms with E-state index in [2.05, 4.69) is 37.1 Å². The number of nitrogens with one attached hydrogen (secondary N) is 1. The number of ether oxygens (including phenoxy) is 1. The fourth-order valence-corrected chi connectivity index (χ4v) is 2.72. The Kier molecular flexibility index (Phi) is 5.62. The minimum Gasteiger partial charge on any atom is -0.497 e. The van der Waals surface area contributed by atoms with Crippen LogP contribution in [0.15, 0.2) is 24.3 Å². The van der Waals surface area contributed by atoms with Gasteiger partial charge in [0.05, 0.1) is 13.7 Å². The van der Waals surface area contributed by atoms with Crippen LogP contribution in [0.5, 0.6) is 5.75 Å². The zero-order chi connectivity index (χ0) is 17.6. The highest BCUT2D eigenvalue weighted by atomic mass is 16.5. The Morgan fingerprint density at radius 2 is 1.80 bits per heavy atom. The summed E-state index contributed by atoms with van der Waals surface area (Å²) in [5.41, 5.74) is 6.96. The summed E-state index contributed by atoms with van der Waals surface area (Å²) in [7, 11) is 3.79. The van der Waals surface area contributed by atoms with Crippen LogP contribution in [0.3, 0.4) is 0 Å². The van der Waals surface area contributed by atoms with Crippen LogP contribution in [0.1, 0.15) is 11.4 Å². The molecule has 1 aliphatic heterocycles. The number of benzene rings is 1.